The summed E-state index contributed by atoms with van der Waals surface area (Å²) in [7, 11) is 0. The van der Waals surface area contributed by atoms with Gasteiger partial charge in [-0.05, 0) is 22.6 Å². The van der Waals surface area contributed by atoms with Crippen LogP contribution in [0.25, 0.3) is 0 Å². The van der Waals surface area contributed by atoms with E-state index in [9.17, 15) is 4.79 Å². The molecule has 0 rings (SSSR count). The highest BCUT2D eigenvalue weighted by Gasteiger charge is 1.86. The van der Waals surface area contributed by atoms with Crippen LogP contribution in [-0.2, 0) is 0 Å². The predicted molar refractivity (Wildman–Crippen MR) is 33.7 cm³/mol. The van der Waals surface area contributed by atoms with E-state index in [0.29, 0.717) is 11.8 Å². The summed E-state index contributed by atoms with van der Waals surface area (Å²) < 4.78 is 0. The molecule has 0 atom stereocenters. The molecule has 0 aromatic carbocycles. The van der Waals surface area contributed by atoms with Gasteiger partial charge in [0.15, 0.2) is 0 Å². The van der Waals surface area contributed by atoms with E-state index in [2.05, 4.69) is 12.6 Å². The Hall–Kier alpha value is -0.0900. The summed E-state index contributed by atoms with van der Waals surface area (Å²) in [6.07, 6.45) is 0. The van der Waals surface area contributed by atoms with Gasteiger partial charge >= 0.3 is 5.30 Å². The van der Waals surface area contributed by atoms with Crippen LogP contribution in [0.3, 0.4) is 0 Å². The van der Waals surface area contributed by atoms with Crippen molar-refractivity contribution in [3.63, 3.8) is 0 Å². The van der Waals surface area contributed by atoms with Gasteiger partial charge in [0.1, 0.15) is 0 Å². The minimum Gasteiger partial charge on any atom is -0.473 e. The molecule has 0 saturated heterocycles. The monoisotopic (exact) mass is 136 g/mol. The van der Waals surface area contributed by atoms with Crippen LogP contribution in [0, 0.1) is 0 Å². The van der Waals surface area contributed by atoms with Crippen molar-refractivity contribution in [1.82, 2.24) is 0 Å². The fraction of sp³-hybridized carbons (Fsp3) is 0. The molecule has 0 amide bonds. The first-order chi connectivity index (χ1) is 3.27. The van der Waals surface area contributed by atoms with Gasteiger partial charge in [0.2, 0.25) is 0 Å². The van der Waals surface area contributed by atoms with Crippen LogP contribution in [0.2, 0.25) is 0 Å². The number of rotatable bonds is 1. The Balaban J connectivity index is 3.14. The molecule has 0 radical (unpaired) electrons. The van der Waals surface area contributed by atoms with E-state index in [0.717, 1.165) is 0 Å². The Bertz CT molecular complexity index is 88.9. The quantitative estimate of drug-likeness (QED) is 0.540. The molecule has 4 heteroatoms. The van der Waals surface area contributed by atoms with E-state index in [-0.39, 0.29) is 0 Å². The molecule has 0 bridgehead atoms. The molecule has 0 aliphatic heterocycles. The van der Waals surface area contributed by atoms with E-state index >= 15 is 0 Å². The molecule has 0 spiro atoms. The summed E-state index contributed by atoms with van der Waals surface area (Å²) in [6, 6.07) is 0. The topological polar surface area (TPSA) is 37.3 Å². The average Bonchev–Trinajstić information content (AvgIpc) is 1.61. The minimum absolute atomic E-state index is 0.691. The standard InChI is InChI=1S/C3H4O2S2/c4-3(5)7-2-1-6/h1-2,6H,(H,4,5)/b2-1+. The van der Waals surface area contributed by atoms with Gasteiger partial charge in [0, 0.05) is 0 Å². The van der Waals surface area contributed by atoms with E-state index in [4.69, 9.17) is 5.11 Å². The zero-order chi connectivity index (χ0) is 5.70. The highest BCUT2D eigenvalue weighted by Crippen LogP contribution is 2.01. The third-order valence-corrected chi connectivity index (χ3v) is 1.05. The molecule has 0 aromatic heterocycles. The van der Waals surface area contributed by atoms with Gasteiger partial charge in [0.05, 0.1) is 0 Å². The largest absolute Gasteiger partial charge is 0.473 e. The van der Waals surface area contributed by atoms with Gasteiger partial charge in [-0.3, -0.25) is 0 Å². The molecule has 0 fully saturated rings. The van der Waals surface area contributed by atoms with Crippen molar-refractivity contribution >= 4 is 29.7 Å². The van der Waals surface area contributed by atoms with Gasteiger partial charge in [-0.25, -0.2) is 4.79 Å². The Morgan fingerprint density at radius 3 is 2.57 bits per heavy atom. The summed E-state index contributed by atoms with van der Waals surface area (Å²) in [6.45, 7) is 0. The third kappa shape index (κ3) is 5.91. The Morgan fingerprint density at radius 1 is 1.86 bits per heavy atom. The van der Waals surface area contributed by atoms with Crippen LogP contribution in [-0.4, -0.2) is 10.4 Å². The molecule has 0 aliphatic carbocycles. The molecule has 0 aromatic rings. The molecule has 7 heavy (non-hydrogen) atoms. The van der Waals surface area contributed by atoms with E-state index in [1.54, 1.807) is 0 Å². The van der Waals surface area contributed by atoms with Crippen LogP contribution in [0.5, 0.6) is 0 Å². The van der Waals surface area contributed by atoms with Gasteiger partial charge in [-0.2, -0.15) is 12.6 Å². The van der Waals surface area contributed by atoms with Crippen molar-refractivity contribution in [2.24, 2.45) is 0 Å². The summed E-state index contributed by atoms with van der Waals surface area (Å²) >= 11 is 4.32. The number of carbonyl (C=O) groups is 1. The van der Waals surface area contributed by atoms with E-state index in [1.165, 1.54) is 10.8 Å². The Kier molecular flexibility index (Phi) is 4.03. The maximum atomic E-state index is 9.64. The summed E-state index contributed by atoms with van der Waals surface area (Å²) in [5.41, 5.74) is 0. The molecule has 0 aliphatic rings. The lowest BCUT2D eigenvalue weighted by Crippen LogP contribution is -1.75. The minimum atomic E-state index is -0.912. The first-order valence-electron chi connectivity index (χ1n) is 1.46. The number of hydrogen-bond donors (Lipinski definition) is 2. The van der Waals surface area contributed by atoms with E-state index < -0.39 is 5.30 Å². The van der Waals surface area contributed by atoms with Crippen LogP contribution < -0.4 is 0 Å². The summed E-state index contributed by atoms with van der Waals surface area (Å²) in [4.78, 5) is 9.64. The molecule has 40 valence electrons. The van der Waals surface area contributed by atoms with Crippen LogP contribution in [0.15, 0.2) is 10.8 Å². The molecular weight excluding hydrogens is 132 g/mol. The normalized spacial score (nSPS) is 9.86. The summed E-state index contributed by atoms with van der Waals surface area (Å²) in [5.74, 6) is 0. The molecule has 2 nitrogen and oxygen atoms in total. The van der Waals surface area contributed by atoms with Crippen LogP contribution in [0.4, 0.5) is 4.79 Å². The van der Waals surface area contributed by atoms with Crippen molar-refractivity contribution < 1.29 is 9.90 Å². The summed E-state index contributed by atoms with van der Waals surface area (Å²) in [5, 5.41) is 9.76. The maximum Gasteiger partial charge on any atom is 0.369 e. The van der Waals surface area contributed by atoms with Gasteiger partial charge in [-0.1, -0.05) is 0 Å². The smallest absolute Gasteiger partial charge is 0.369 e. The average molecular weight is 136 g/mol. The molecule has 1 N–H and O–H groups in total. The van der Waals surface area contributed by atoms with Gasteiger partial charge in [0.25, 0.3) is 0 Å². The second-order valence-corrected chi connectivity index (χ2v) is 1.82. The number of thiol groups is 1. The van der Waals surface area contributed by atoms with E-state index in [1.807, 2.05) is 0 Å². The zero-order valence-corrected chi connectivity index (χ0v) is 5.08. The number of hydrogen-bond acceptors (Lipinski definition) is 3. The lowest BCUT2D eigenvalue weighted by Gasteiger charge is -1.76. The van der Waals surface area contributed by atoms with Gasteiger partial charge < -0.3 is 5.11 Å². The first kappa shape index (κ1) is 6.91. The molecule has 0 unspecified atom stereocenters. The zero-order valence-electron chi connectivity index (χ0n) is 3.37. The fourth-order valence-electron chi connectivity index (χ4n) is 0.0886. The highest BCUT2D eigenvalue weighted by molar-refractivity contribution is 8.15. The lowest BCUT2D eigenvalue weighted by molar-refractivity contribution is 0.222. The van der Waals surface area contributed by atoms with Crippen LogP contribution >= 0.6 is 24.4 Å². The highest BCUT2D eigenvalue weighted by atomic mass is 32.2. The fourth-order valence-corrected chi connectivity index (χ4v) is 0.448. The molecule has 0 heterocycles. The SMILES string of the molecule is O=C(O)S/C=C/S. The molecular formula is C3H4O2S2. The number of carboxylic acid groups (broad SMARTS) is 1. The molecule has 0 saturated carbocycles. The number of thioether (sulfide) groups is 1. The third-order valence-electron chi connectivity index (χ3n) is 0.230. The lowest BCUT2D eigenvalue weighted by atomic mass is 11.3. The van der Waals surface area contributed by atoms with Crippen molar-refractivity contribution in [3.05, 3.63) is 10.8 Å². The van der Waals surface area contributed by atoms with Gasteiger partial charge in [-0.15, -0.1) is 0 Å². The second kappa shape index (κ2) is 4.08. The van der Waals surface area contributed by atoms with Crippen molar-refractivity contribution in [3.8, 4) is 0 Å². The van der Waals surface area contributed by atoms with Crippen molar-refractivity contribution in [2.45, 2.75) is 0 Å². The van der Waals surface area contributed by atoms with Crippen molar-refractivity contribution in [2.75, 3.05) is 0 Å². The Morgan fingerprint density at radius 2 is 2.43 bits per heavy atom. The predicted octanol–water partition coefficient (Wildman–Crippen LogP) is 1.80. The maximum absolute atomic E-state index is 9.64. The van der Waals surface area contributed by atoms with Crippen molar-refractivity contribution in [1.29, 1.82) is 0 Å². The second-order valence-electron chi connectivity index (χ2n) is 0.669. The first-order valence-corrected chi connectivity index (χ1v) is 2.86. The Labute approximate surface area is 51.0 Å². The van der Waals surface area contributed by atoms with Crippen LogP contribution in [0.1, 0.15) is 0 Å².